The second kappa shape index (κ2) is 10.4. The summed E-state index contributed by atoms with van der Waals surface area (Å²) in [7, 11) is -0.951. The van der Waals surface area contributed by atoms with Gasteiger partial charge in [0.1, 0.15) is 0 Å². The van der Waals surface area contributed by atoms with Gasteiger partial charge in [-0.15, -0.1) is 0 Å². The summed E-state index contributed by atoms with van der Waals surface area (Å²) in [6, 6.07) is 10.2. The lowest BCUT2D eigenvalue weighted by atomic mass is 10.2. The third-order valence-corrected chi connectivity index (χ3v) is 6.22. The van der Waals surface area contributed by atoms with Gasteiger partial charge in [0.15, 0.2) is 11.5 Å². The van der Waals surface area contributed by atoms with Gasteiger partial charge in [0.2, 0.25) is 0 Å². The minimum atomic E-state index is -4.02. The van der Waals surface area contributed by atoms with Crippen molar-refractivity contribution in [3.05, 3.63) is 57.3 Å². The number of hydrogen-bond acceptors (Lipinski definition) is 8. The van der Waals surface area contributed by atoms with E-state index in [1.165, 1.54) is 11.7 Å². The van der Waals surface area contributed by atoms with Crippen molar-refractivity contribution in [1.29, 1.82) is 0 Å². The normalized spacial score (nSPS) is 11.5. The highest BCUT2D eigenvalue weighted by molar-refractivity contribution is 7.48. The average molecular weight is 483 g/mol. The molecule has 0 unspecified atom stereocenters. The highest BCUT2D eigenvalue weighted by atomic mass is 35.5. The largest absolute Gasteiger partial charge is 0.531 e. The summed E-state index contributed by atoms with van der Waals surface area (Å²) in [6.07, 6.45) is 0. The van der Waals surface area contributed by atoms with Crippen LogP contribution in [0, 0.1) is 0 Å². The van der Waals surface area contributed by atoms with E-state index in [1.54, 1.807) is 57.4 Å². The summed E-state index contributed by atoms with van der Waals surface area (Å²) in [5.74, 6) is 0.679. The maximum absolute atomic E-state index is 13.3. The van der Waals surface area contributed by atoms with E-state index in [0.29, 0.717) is 27.6 Å². The monoisotopic (exact) mass is 482 g/mol. The Morgan fingerprint density at radius 2 is 1.69 bits per heavy atom. The molecule has 1 aromatic heterocycles. The lowest BCUT2D eigenvalue weighted by Crippen LogP contribution is -2.24. The van der Waals surface area contributed by atoms with Crippen molar-refractivity contribution in [2.75, 3.05) is 27.4 Å². The van der Waals surface area contributed by atoms with Gasteiger partial charge in [-0.25, -0.2) is 9.55 Å². The number of methoxy groups -OCH3 is 2. The van der Waals surface area contributed by atoms with Crippen molar-refractivity contribution in [1.82, 2.24) is 9.55 Å². The minimum Gasteiger partial charge on any atom is -0.493 e. The Hall–Kier alpha value is -2.58. The Kier molecular flexibility index (Phi) is 7.79. The number of ether oxygens (including phenoxy) is 2. The Balaban J connectivity index is 2.14. The topological polar surface area (TPSA) is 98.1 Å². The van der Waals surface area contributed by atoms with Crippen LogP contribution in [-0.4, -0.2) is 37.0 Å². The predicted octanol–water partition coefficient (Wildman–Crippen LogP) is 4.68. The van der Waals surface area contributed by atoms with Crippen LogP contribution in [0.4, 0.5) is 0 Å². The van der Waals surface area contributed by atoms with Crippen molar-refractivity contribution in [3.8, 4) is 17.4 Å². The first kappa shape index (κ1) is 24.1. The molecule has 2 aromatic carbocycles. The van der Waals surface area contributed by atoms with Crippen molar-refractivity contribution >= 4 is 30.5 Å². The molecule has 0 atom stereocenters. The summed E-state index contributed by atoms with van der Waals surface area (Å²) in [4.78, 5) is 17.5. The smallest absolute Gasteiger partial charge is 0.493 e. The molecule has 3 aromatic rings. The number of aromatic nitrogens is 2. The van der Waals surface area contributed by atoms with Crippen LogP contribution in [0.15, 0.2) is 41.2 Å². The summed E-state index contributed by atoms with van der Waals surface area (Å²) in [5, 5.41) is 0.433. The molecule has 0 saturated carbocycles. The average Bonchev–Trinajstić information content (AvgIpc) is 2.77. The summed E-state index contributed by atoms with van der Waals surface area (Å²) < 4.78 is 40.6. The molecular weight excluding hydrogens is 459 g/mol. The standard InChI is InChI=1S/C21H24ClN2O7P/c1-5-29-32(26,30-6-2)31-20-21(25)24(17-12-15(22)8-9-16(17)23-20)13-14-7-10-18(27-3)19(11-14)28-4/h7-12H,5-6,13H2,1-4H3. The fourth-order valence-electron chi connectivity index (χ4n) is 3.08. The zero-order valence-electron chi connectivity index (χ0n) is 18.2. The molecular formula is C21H24ClN2O7P. The highest BCUT2D eigenvalue weighted by Crippen LogP contribution is 2.48. The number of halogens is 1. The minimum absolute atomic E-state index is 0.0697. The van der Waals surface area contributed by atoms with Crippen LogP contribution in [-0.2, 0) is 20.2 Å². The fourth-order valence-corrected chi connectivity index (χ4v) is 4.39. The van der Waals surface area contributed by atoms with Crippen LogP contribution in [0.2, 0.25) is 5.02 Å². The predicted molar refractivity (Wildman–Crippen MR) is 121 cm³/mol. The van der Waals surface area contributed by atoms with Gasteiger partial charge in [-0.05, 0) is 49.7 Å². The highest BCUT2D eigenvalue weighted by Gasteiger charge is 2.30. The van der Waals surface area contributed by atoms with Crippen molar-refractivity contribution in [3.63, 3.8) is 0 Å². The van der Waals surface area contributed by atoms with Gasteiger partial charge in [0.25, 0.3) is 5.88 Å². The van der Waals surface area contributed by atoms with Crippen molar-refractivity contribution in [2.45, 2.75) is 20.4 Å². The molecule has 0 spiro atoms. The van der Waals surface area contributed by atoms with Crippen molar-refractivity contribution < 1.29 is 27.6 Å². The number of fused-ring (bicyclic) bond motifs is 1. The zero-order valence-corrected chi connectivity index (χ0v) is 19.8. The lowest BCUT2D eigenvalue weighted by Gasteiger charge is -2.18. The van der Waals surface area contributed by atoms with E-state index in [2.05, 4.69) is 4.98 Å². The summed E-state index contributed by atoms with van der Waals surface area (Å²) in [5.41, 5.74) is 1.03. The van der Waals surface area contributed by atoms with Crippen LogP contribution in [0.1, 0.15) is 19.4 Å². The fraction of sp³-hybridized carbons (Fsp3) is 0.333. The van der Waals surface area contributed by atoms with Gasteiger partial charge >= 0.3 is 13.4 Å². The molecule has 0 saturated heterocycles. The SMILES string of the molecule is CCOP(=O)(OCC)Oc1nc2ccc(Cl)cc2n(Cc2ccc(OC)c(OC)c2)c1=O. The quantitative estimate of drug-likeness (QED) is 0.384. The molecule has 0 bridgehead atoms. The van der Waals surface area contributed by atoms with E-state index in [1.807, 2.05) is 0 Å². The van der Waals surface area contributed by atoms with Gasteiger partial charge in [-0.3, -0.25) is 18.4 Å². The Morgan fingerprint density at radius 1 is 1.00 bits per heavy atom. The number of nitrogens with zero attached hydrogens (tertiary/aromatic N) is 2. The second-order valence-electron chi connectivity index (χ2n) is 6.50. The molecule has 0 amide bonds. The molecule has 0 fully saturated rings. The van der Waals surface area contributed by atoms with Crippen LogP contribution >= 0.6 is 19.4 Å². The first-order valence-electron chi connectivity index (χ1n) is 9.83. The molecule has 172 valence electrons. The molecule has 11 heteroatoms. The molecule has 3 rings (SSSR count). The first-order chi connectivity index (χ1) is 15.3. The first-order valence-corrected chi connectivity index (χ1v) is 11.7. The summed E-state index contributed by atoms with van der Waals surface area (Å²) in [6.45, 7) is 3.56. The molecule has 32 heavy (non-hydrogen) atoms. The van der Waals surface area contributed by atoms with Gasteiger partial charge in [-0.2, -0.15) is 0 Å². The van der Waals surface area contributed by atoms with Crippen LogP contribution < -0.4 is 19.6 Å². The number of hydrogen-bond donors (Lipinski definition) is 0. The van der Waals surface area contributed by atoms with Gasteiger partial charge in [0, 0.05) is 5.02 Å². The van der Waals surface area contributed by atoms with E-state index in [9.17, 15) is 9.36 Å². The van der Waals surface area contributed by atoms with Crippen LogP contribution in [0.5, 0.6) is 17.4 Å². The van der Waals surface area contributed by atoms with Gasteiger partial charge in [-0.1, -0.05) is 17.7 Å². The molecule has 0 aliphatic rings. The lowest BCUT2D eigenvalue weighted by molar-refractivity contribution is 0.165. The number of phosphoric acid groups is 1. The molecule has 0 N–H and O–H groups in total. The Labute approximate surface area is 190 Å². The second-order valence-corrected chi connectivity index (χ2v) is 8.53. The Morgan fingerprint density at radius 3 is 2.31 bits per heavy atom. The van der Waals surface area contributed by atoms with E-state index in [0.717, 1.165) is 5.56 Å². The third kappa shape index (κ3) is 5.24. The van der Waals surface area contributed by atoms with Gasteiger partial charge in [0.05, 0.1) is 45.0 Å². The van der Waals surface area contributed by atoms with E-state index in [-0.39, 0.29) is 19.8 Å². The molecule has 1 heterocycles. The van der Waals surface area contributed by atoms with Crippen LogP contribution in [0.3, 0.4) is 0 Å². The van der Waals surface area contributed by atoms with Crippen molar-refractivity contribution in [2.24, 2.45) is 0 Å². The molecule has 0 aliphatic carbocycles. The van der Waals surface area contributed by atoms with E-state index < -0.39 is 19.3 Å². The maximum atomic E-state index is 13.3. The maximum Gasteiger partial charge on any atom is 0.531 e. The zero-order chi connectivity index (χ0) is 23.3. The van der Waals surface area contributed by atoms with E-state index in [4.69, 9.17) is 34.6 Å². The molecule has 9 nitrogen and oxygen atoms in total. The number of rotatable bonds is 10. The van der Waals surface area contributed by atoms with Gasteiger partial charge < -0.3 is 14.0 Å². The Bertz CT molecular complexity index is 1200. The molecule has 0 radical (unpaired) electrons. The summed E-state index contributed by atoms with van der Waals surface area (Å²) >= 11 is 6.17. The van der Waals surface area contributed by atoms with E-state index >= 15 is 0 Å². The number of phosphoric ester groups is 1. The third-order valence-electron chi connectivity index (χ3n) is 4.44. The van der Waals surface area contributed by atoms with Crippen LogP contribution in [0.25, 0.3) is 11.0 Å². The molecule has 0 aliphatic heterocycles. The number of benzene rings is 2.